The summed E-state index contributed by atoms with van der Waals surface area (Å²) in [5.74, 6) is 5.59. The van der Waals surface area contributed by atoms with Crippen LogP contribution in [-0.4, -0.2) is 17.7 Å². The van der Waals surface area contributed by atoms with E-state index in [0.717, 1.165) is 36.1 Å². The molecule has 150 valence electrons. The fourth-order valence-corrected chi connectivity index (χ4v) is 3.80. The molecule has 1 unspecified atom stereocenters. The predicted octanol–water partition coefficient (Wildman–Crippen LogP) is 4.74. The lowest BCUT2D eigenvalue weighted by Gasteiger charge is -2.17. The molecule has 0 saturated carbocycles. The summed E-state index contributed by atoms with van der Waals surface area (Å²) >= 11 is 0. The molecule has 3 nitrogen and oxygen atoms in total. The van der Waals surface area contributed by atoms with Crippen molar-refractivity contribution in [1.82, 2.24) is 0 Å². The standard InChI is InChI=1S/C27H24O3/c1-2-24-16-21(11-8-20-9-12-22(13-10-20)17-26(28)29)14-15-25(24)27(19-30-27)18-23-6-4-3-5-7-23/h3-7,9-10,12-16H,2,17-19H2,1H3,(H,28,29). The number of rotatable bonds is 6. The fourth-order valence-electron chi connectivity index (χ4n) is 3.80. The normalized spacial score (nSPS) is 17.1. The minimum Gasteiger partial charge on any atom is -0.481 e. The summed E-state index contributed by atoms with van der Waals surface area (Å²) in [5.41, 5.74) is 6.23. The summed E-state index contributed by atoms with van der Waals surface area (Å²) < 4.78 is 5.96. The Bertz CT molecular complexity index is 1100. The fraction of sp³-hybridized carbons (Fsp3) is 0.222. The second-order valence-electron chi connectivity index (χ2n) is 7.69. The van der Waals surface area contributed by atoms with Gasteiger partial charge in [-0.1, -0.05) is 67.3 Å². The Balaban J connectivity index is 1.53. The number of epoxide rings is 1. The molecule has 1 aliphatic heterocycles. The zero-order chi connectivity index (χ0) is 21.0. The van der Waals surface area contributed by atoms with Crippen molar-refractivity contribution in [3.05, 3.63) is 106 Å². The van der Waals surface area contributed by atoms with Gasteiger partial charge in [0, 0.05) is 17.5 Å². The topological polar surface area (TPSA) is 49.8 Å². The summed E-state index contributed by atoms with van der Waals surface area (Å²) in [6.45, 7) is 2.92. The molecule has 3 aromatic rings. The van der Waals surface area contributed by atoms with Crippen molar-refractivity contribution in [3.63, 3.8) is 0 Å². The van der Waals surface area contributed by atoms with Crippen LogP contribution in [0.2, 0.25) is 0 Å². The van der Waals surface area contributed by atoms with E-state index in [9.17, 15) is 4.79 Å². The number of carboxylic acid groups (broad SMARTS) is 1. The van der Waals surface area contributed by atoms with Crippen LogP contribution < -0.4 is 0 Å². The minimum atomic E-state index is -0.828. The zero-order valence-electron chi connectivity index (χ0n) is 17.0. The molecule has 0 radical (unpaired) electrons. The van der Waals surface area contributed by atoms with Crippen molar-refractivity contribution in [2.75, 3.05) is 6.61 Å². The number of carbonyl (C=O) groups is 1. The van der Waals surface area contributed by atoms with Crippen LogP contribution in [0.1, 0.15) is 40.3 Å². The molecule has 0 amide bonds. The van der Waals surface area contributed by atoms with Crippen LogP contribution in [0.25, 0.3) is 0 Å². The van der Waals surface area contributed by atoms with E-state index in [1.165, 1.54) is 16.7 Å². The minimum absolute atomic E-state index is 0.0296. The first-order valence-corrected chi connectivity index (χ1v) is 10.2. The highest BCUT2D eigenvalue weighted by atomic mass is 16.6. The molecule has 0 aliphatic carbocycles. The molecular weight excluding hydrogens is 372 g/mol. The van der Waals surface area contributed by atoms with Crippen LogP contribution in [0.4, 0.5) is 0 Å². The highest BCUT2D eigenvalue weighted by Gasteiger charge is 2.47. The summed E-state index contributed by atoms with van der Waals surface area (Å²) in [4.78, 5) is 10.8. The lowest BCUT2D eigenvalue weighted by atomic mass is 9.87. The van der Waals surface area contributed by atoms with Gasteiger partial charge in [-0.25, -0.2) is 0 Å². The van der Waals surface area contributed by atoms with Crippen LogP contribution in [0.15, 0.2) is 72.8 Å². The van der Waals surface area contributed by atoms with Crippen LogP contribution in [0, 0.1) is 11.8 Å². The van der Waals surface area contributed by atoms with E-state index >= 15 is 0 Å². The summed E-state index contributed by atoms with van der Waals surface area (Å²) in [6, 6.07) is 24.2. The first-order chi connectivity index (χ1) is 14.6. The van der Waals surface area contributed by atoms with Gasteiger partial charge >= 0.3 is 5.97 Å². The van der Waals surface area contributed by atoms with Gasteiger partial charge in [0.15, 0.2) is 0 Å². The van der Waals surface area contributed by atoms with Gasteiger partial charge in [-0.15, -0.1) is 0 Å². The van der Waals surface area contributed by atoms with Crippen LogP contribution in [0.3, 0.4) is 0 Å². The van der Waals surface area contributed by atoms with Crippen molar-refractivity contribution in [2.45, 2.75) is 31.8 Å². The molecule has 3 aromatic carbocycles. The lowest BCUT2D eigenvalue weighted by molar-refractivity contribution is -0.136. The molecule has 0 aromatic heterocycles. The maximum absolute atomic E-state index is 10.8. The Morgan fingerprint density at radius 2 is 1.63 bits per heavy atom. The quantitative estimate of drug-likeness (QED) is 0.483. The average Bonchev–Trinajstić information content (AvgIpc) is 3.53. The third kappa shape index (κ3) is 4.62. The van der Waals surface area contributed by atoms with Gasteiger partial charge < -0.3 is 9.84 Å². The zero-order valence-corrected chi connectivity index (χ0v) is 17.0. The molecule has 3 heteroatoms. The smallest absolute Gasteiger partial charge is 0.307 e. The highest BCUT2D eigenvalue weighted by Crippen LogP contribution is 2.43. The Labute approximate surface area is 177 Å². The number of hydrogen-bond donors (Lipinski definition) is 1. The lowest BCUT2D eigenvalue weighted by Crippen LogP contribution is -2.15. The van der Waals surface area contributed by atoms with Crippen molar-refractivity contribution in [3.8, 4) is 11.8 Å². The van der Waals surface area contributed by atoms with Crippen molar-refractivity contribution in [1.29, 1.82) is 0 Å². The molecule has 1 heterocycles. The third-order valence-electron chi connectivity index (χ3n) is 5.46. The third-order valence-corrected chi connectivity index (χ3v) is 5.46. The molecule has 1 aliphatic rings. The summed E-state index contributed by atoms with van der Waals surface area (Å²) in [5, 5.41) is 8.87. The molecule has 1 fully saturated rings. The van der Waals surface area contributed by atoms with Crippen LogP contribution >= 0.6 is 0 Å². The SMILES string of the molecule is CCc1cc(C#Cc2ccc(CC(=O)O)cc2)ccc1C1(Cc2ccccc2)CO1. The molecule has 4 rings (SSSR count). The molecule has 0 bridgehead atoms. The van der Waals surface area contributed by atoms with Crippen molar-refractivity contribution in [2.24, 2.45) is 0 Å². The van der Waals surface area contributed by atoms with E-state index in [1.807, 2.05) is 30.3 Å². The van der Waals surface area contributed by atoms with E-state index in [1.54, 1.807) is 0 Å². The van der Waals surface area contributed by atoms with Gasteiger partial charge in [0.1, 0.15) is 5.60 Å². The Morgan fingerprint density at radius 1 is 0.967 bits per heavy atom. The second kappa shape index (κ2) is 8.57. The van der Waals surface area contributed by atoms with E-state index in [-0.39, 0.29) is 12.0 Å². The number of aliphatic carboxylic acids is 1. The average molecular weight is 396 g/mol. The van der Waals surface area contributed by atoms with Gasteiger partial charge in [-0.3, -0.25) is 4.79 Å². The van der Waals surface area contributed by atoms with Gasteiger partial charge in [0.25, 0.3) is 0 Å². The maximum Gasteiger partial charge on any atom is 0.307 e. The van der Waals surface area contributed by atoms with Gasteiger partial charge in [0.05, 0.1) is 13.0 Å². The summed E-state index contributed by atoms with van der Waals surface area (Å²) in [7, 11) is 0. The van der Waals surface area contributed by atoms with E-state index in [2.05, 4.69) is 61.2 Å². The summed E-state index contributed by atoms with van der Waals surface area (Å²) in [6.07, 6.45) is 1.84. The van der Waals surface area contributed by atoms with Gasteiger partial charge in [-0.2, -0.15) is 0 Å². The van der Waals surface area contributed by atoms with E-state index < -0.39 is 5.97 Å². The van der Waals surface area contributed by atoms with E-state index in [0.29, 0.717) is 0 Å². The van der Waals surface area contributed by atoms with E-state index in [4.69, 9.17) is 9.84 Å². The highest BCUT2D eigenvalue weighted by molar-refractivity contribution is 5.70. The number of ether oxygens (including phenoxy) is 1. The Morgan fingerprint density at radius 3 is 2.27 bits per heavy atom. The monoisotopic (exact) mass is 396 g/mol. The van der Waals surface area contributed by atoms with Crippen LogP contribution in [-0.2, 0) is 34.4 Å². The van der Waals surface area contributed by atoms with Gasteiger partial charge in [-0.05, 0) is 52.9 Å². The maximum atomic E-state index is 10.8. The molecular formula is C27H24O3. The van der Waals surface area contributed by atoms with Crippen LogP contribution in [0.5, 0.6) is 0 Å². The van der Waals surface area contributed by atoms with Gasteiger partial charge in [0.2, 0.25) is 0 Å². The predicted molar refractivity (Wildman–Crippen MR) is 117 cm³/mol. The molecule has 1 N–H and O–H groups in total. The second-order valence-corrected chi connectivity index (χ2v) is 7.69. The number of hydrogen-bond acceptors (Lipinski definition) is 2. The Hall–Kier alpha value is -3.35. The molecule has 1 atom stereocenters. The van der Waals surface area contributed by atoms with Crippen molar-refractivity contribution >= 4 is 5.97 Å². The number of benzene rings is 3. The molecule has 1 saturated heterocycles. The first kappa shape index (κ1) is 19.9. The largest absolute Gasteiger partial charge is 0.481 e. The Kier molecular flexibility index (Phi) is 5.70. The number of aryl methyl sites for hydroxylation is 1. The van der Waals surface area contributed by atoms with Crippen molar-refractivity contribution < 1.29 is 14.6 Å². The first-order valence-electron chi connectivity index (χ1n) is 10.2. The molecule has 30 heavy (non-hydrogen) atoms. The molecule has 0 spiro atoms. The number of carboxylic acids is 1.